The van der Waals surface area contributed by atoms with E-state index in [0.717, 1.165) is 5.69 Å². The van der Waals surface area contributed by atoms with Crippen molar-refractivity contribution in [1.82, 2.24) is 10.4 Å². The van der Waals surface area contributed by atoms with Crippen LogP contribution in [0.2, 0.25) is 0 Å². The topological polar surface area (TPSA) is 83.3 Å². The highest BCUT2D eigenvalue weighted by Gasteiger charge is 2.46. The smallest absolute Gasteiger partial charge is 0.209 e. The van der Waals surface area contributed by atoms with Crippen LogP contribution in [0.3, 0.4) is 0 Å². The van der Waals surface area contributed by atoms with Gasteiger partial charge in [0.2, 0.25) is 5.96 Å². The second-order valence-corrected chi connectivity index (χ2v) is 7.19. The summed E-state index contributed by atoms with van der Waals surface area (Å²) in [6, 6.07) is 9.53. The van der Waals surface area contributed by atoms with Crippen LogP contribution in [0.4, 0.5) is 5.69 Å². The number of hydrogen-bond acceptors (Lipinski definition) is 3. The monoisotopic (exact) mass is 314 g/mol. The molecular formula is C17H24N5O. The van der Waals surface area contributed by atoms with Crippen molar-refractivity contribution in [1.29, 1.82) is 5.26 Å². The Kier molecular flexibility index (Phi) is 4.93. The Bertz CT molecular complexity index is 585. The van der Waals surface area contributed by atoms with Gasteiger partial charge < -0.3 is 5.32 Å². The lowest BCUT2D eigenvalue weighted by Crippen LogP contribution is -2.59. The minimum atomic E-state index is -0.486. The van der Waals surface area contributed by atoms with Crippen LogP contribution in [0, 0.1) is 11.5 Å². The molecule has 0 saturated carbocycles. The van der Waals surface area contributed by atoms with Crippen LogP contribution < -0.4 is 10.6 Å². The number of benzene rings is 1. The fourth-order valence-electron chi connectivity index (χ4n) is 3.29. The van der Waals surface area contributed by atoms with Gasteiger partial charge >= 0.3 is 0 Å². The van der Waals surface area contributed by atoms with Crippen molar-refractivity contribution < 1.29 is 5.21 Å². The van der Waals surface area contributed by atoms with E-state index in [9.17, 15) is 5.21 Å². The summed E-state index contributed by atoms with van der Waals surface area (Å²) in [5.74, 6) is 0.412. The Morgan fingerprint density at radius 3 is 2.30 bits per heavy atom. The Hall–Kier alpha value is -2.10. The van der Waals surface area contributed by atoms with Gasteiger partial charge in [-0.1, -0.05) is 18.2 Å². The first-order valence-electron chi connectivity index (χ1n) is 7.77. The molecule has 1 radical (unpaired) electrons. The molecule has 1 aliphatic rings. The summed E-state index contributed by atoms with van der Waals surface area (Å²) < 4.78 is 0. The van der Waals surface area contributed by atoms with E-state index in [1.807, 2.05) is 64.2 Å². The van der Waals surface area contributed by atoms with E-state index < -0.39 is 11.1 Å². The number of nitriles is 1. The van der Waals surface area contributed by atoms with Crippen LogP contribution in [0.1, 0.15) is 40.5 Å². The van der Waals surface area contributed by atoms with Gasteiger partial charge in [-0.3, -0.25) is 5.32 Å². The van der Waals surface area contributed by atoms with Gasteiger partial charge in [0, 0.05) is 16.8 Å². The maximum atomic E-state index is 12.4. The van der Waals surface area contributed by atoms with Crippen molar-refractivity contribution in [3.63, 3.8) is 0 Å². The third-order valence-electron chi connectivity index (χ3n) is 4.09. The number of anilines is 1. The van der Waals surface area contributed by atoms with Crippen molar-refractivity contribution in [2.45, 2.75) is 57.7 Å². The number of aliphatic imine (C=N–C) groups is 1. The number of nitrogens with one attached hydrogen (secondary N) is 2. The number of nitrogens with zero attached hydrogens (tertiary/aromatic N) is 3. The van der Waals surface area contributed by atoms with Gasteiger partial charge in [-0.25, -0.2) is 4.99 Å². The summed E-state index contributed by atoms with van der Waals surface area (Å²) in [7, 11) is 0. The SMILES string of the molecule is CC1(C)CC(N=C(NC#N)Nc2ccccc2)CC(C)(C)N1[O]. The molecule has 1 saturated heterocycles. The average Bonchev–Trinajstić information content (AvgIpc) is 2.45. The molecule has 0 amide bonds. The molecule has 1 aliphatic heterocycles. The molecular weight excluding hydrogens is 290 g/mol. The lowest BCUT2D eigenvalue weighted by molar-refractivity contribution is -0.288. The molecule has 1 heterocycles. The van der Waals surface area contributed by atoms with Gasteiger partial charge in [0.1, 0.15) is 0 Å². The molecule has 0 unspecified atom stereocenters. The normalized spacial score (nSPS) is 21.5. The second-order valence-electron chi connectivity index (χ2n) is 7.19. The number of piperidine rings is 1. The zero-order valence-corrected chi connectivity index (χ0v) is 14.1. The Balaban J connectivity index is 2.20. The molecule has 6 heteroatoms. The lowest BCUT2D eigenvalue weighted by atomic mass is 9.79. The highest BCUT2D eigenvalue weighted by molar-refractivity contribution is 5.94. The number of rotatable bonds is 2. The first-order chi connectivity index (χ1) is 10.7. The summed E-state index contributed by atoms with van der Waals surface area (Å²) in [5.41, 5.74) is -0.116. The molecule has 6 nitrogen and oxygen atoms in total. The highest BCUT2D eigenvalue weighted by Crippen LogP contribution is 2.38. The molecule has 23 heavy (non-hydrogen) atoms. The van der Waals surface area contributed by atoms with Crippen LogP contribution >= 0.6 is 0 Å². The first kappa shape index (κ1) is 17.3. The molecule has 0 aromatic heterocycles. The minimum Gasteiger partial charge on any atom is -0.326 e. The van der Waals surface area contributed by atoms with E-state index in [0.29, 0.717) is 18.8 Å². The molecule has 0 bridgehead atoms. The number of hydrogen-bond donors (Lipinski definition) is 2. The van der Waals surface area contributed by atoms with Crippen molar-refractivity contribution in [3.8, 4) is 6.19 Å². The van der Waals surface area contributed by atoms with Crippen molar-refractivity contribution >= 4 is 11.6 Å². The summed E-state index contributed by atoms with van der Waals surface area (Å²) in [4.78, 5) is 4.65. The molecule has 123 valence electrons. The van der Waals surface area contributed by atoms with E-state index >= 15 is 0 Å². The van der Waals surface area contributed by atoms with Crippen LogP contribution in [0.5, 0.6) is 0 Å². The van der Waals surface area contributed by atoms with Gasteiger partial charge in [0.15, 0.2) is 6.19 Å². The van der Waals surface area contributed by atoms with Crippen molar-refractivity contribution in [2.75, 3.05) is 5.32 Å². The predicted octanol–water partition coefficient (Wildman–Crippen LogP) is 2.89. The first-order valence-corrected chi connectivity index (χ1v) is 7.77. The zero-order valence-electron chi connectivity index (χ0n) is 14.1. The molecule has 1 aromatic carbocycles. The predicted molar refractivity (Wildman–Crippen MR) is 90.0 cm³/mol. The molecule has 1 aromatic rings. The fourth-order valence-corrected chi connectivity index (χ4v) is 3.29. The van der Waals surface area contributed by atoms with Gasteiger partial charge in [-0.15, -0.1) is 10.3 Å². The maximum Gasteiger partial charge on any atom is 0.209 e. The molecule has 0 atom stereocenters. The van der Waals surface area contributed by atoms with Gasteiger partial charge in [0.25, 0.3) is 0 Å². The summed E-state index contributed by atoms with van der Waals surface area (Å²) in [6.45, 7) is 7.74. The standard InChI is InChI=1S/C17H24N5O/c1-16(2)10-14(11-17(3,4)22(16)23)21-15(19-12-18)20-13-8-6-5-7-9-13/h5-9,14H,10-11H2,1-4H3,(H2,19,20,21). The second kappa shape index (κ2) is 6.57. The van der Waals surface area contributed by atoms with E-state index in [1.165, 1.54) is 5.06 Å². The highest BCUT2D eigenvalue weighted by atomic mass is 16.5. The van der Waals surface area contributed by atoms with Gasteiger partial charge in [-0.05, 0) is 52.7 Å². The minimum absolute atomic E-state index is 0.0303. The largest absolute Gasteiger partial charge is 0.326 e. The van der Waals surface area contributed by atoms with E-state index in [-0.39, 0.29) is 6.04 Å². The maximum absolute atomic E-state index is 12.4. The molecule has 1 fully saturated rings. The Labute approximate surface area is 137 Å². The number of para-hydroxylation sites is 1. The Morgan fingerprint density at radius 2 is 1.78 bits per heavy atom. The van der Waals surface area contributed by atoms with Gasteiger partial charge in [0.05, 0.1) is 6.04 Å². The van der Waals surface area contributed by atoms with Crippen LogP contribution in [0.25, 0.3) is 0 Å². The van der Waals surface area contributed by atoms with Crippen LogP contribution in [0.15, 0.2) is 35.3 Å². The number of hydroxylamine groups is 2. The lowest BCUT2D eigenvalue weighted by Gasteiger charge is -2.48. The third-order valence-corrected chi connectivity index (χ3v) is 4.09. The van der Waals surface area contributed by atoms with E-state index in [2.05, 4.69) is 15.6 Å². The van der Waals surface area contributed by atoms with Crippen molar-refractivity contribution in [2.24, 2.45) is 4.99 Å². The average molecular weight is 314 g/mol. The van der Waals surface area contributed by atoms with Crippen molar-refractivity contribution in [3.05, 3.63) is 30.3 Å². The Morgan fingerprint density at radius 1 is 1.22 bits per heavy atom. The van der Waals surface area contributed by atoms with E-state index in [1.54, 1.807) is 0 Å². The molecule has 2 N–H and O–H groups in total. The molecule has 0 aliphatic carbocycles. The van der Waals surface area contributed by atoms with Crippen LogP contribution in [-0.2, 0) is 5.21 Å². The van der Waals surface area contributed by atoms with Gasteiger partial charge in [-0.2, -0.15) is 5.26 Å². The molecule has 0 spiro atoms. The molecule has 2 rings (SSSR count). The zero-order chi connectivity index (χ0) is 17.1. The third kappa shape index (κ3) is 4.21. The summed E-state index contributed by atoms with van der Waals surface area (Å²) in [6.07, 6.45) is 3.20. The quantitative estimate of drug-likeness (QED) is 0.380. The number of guanidine groups is 1. The van der Waals surface area contributed by atoms with Crippen LogP contribution in [-0.4, -0.2) is 28.1 Å². The fraction of sp³-hybridized carbons (Fsp3) is 0.529. The summed E-state index contributed by atoms with van der Waals surface area (Å²) in [5, 5.41) is 28.2. The van der Waals surface area contributed by atoms with E-state index in [4.69, 9.17) is 5.26 Å². The summed E-state index contributed by atoms with van der Waals surface area (Å²) >= 11 is 0.